The minimum absolute atomic E-state index is 0.0977. The Hall–Kier alpha value is -2.14. The number of nitrogens with zero attached hydrogens (tertiary/aromatic N) is 2. The van der Waals surface area contributed by atoms with Crippen LogP contribution >= 0.6 is 0 Å². The maximum absolute atomic E-state index is 12.2. The number of aromatic nitrogens is 2. The van der Waals surface area contributed by atoms with Gasteiger partial charge in [0.05, 0.1) is 6.42 Å². The van der Waals surface area contributed by atoms with Gasteiger partial charge in [-0.3, -0.25) is 4.79 Å². The summed E-state index contributed by atoms with van der Waals surface area (Å²) in [5.74, 6) is 2.82. The van der Waals surface area contributed by atoms with Gasteiger partial charge in [-0.1, -0.05) is 37.1 Å². The summed E-state index contributed by atoms with van der Waals surface area (Å²) in [4.78, 5) is 22.2. The van der Waals surface area contributed by atoms with Crippen molar-refractivity contribution in [2.45, 2.75) is 57.8 Å². The van der Waals surface area contributed by atoms with Gasteiger partial charge in [-0.15, -0.1) is 0 Å². The fraction of sp³-hybridized carbons (Fsp3) is 0.600. The summed E-state index contributed by atoms with van der Waals surface area (Å²) in [6.45, 7) is 4.56. The zero-order valence-corrected chi connectivity index (χ0v) is 18.1. The van der Waals surface area contributed by atoms with Crippen LogP contribution in [0.2, 0.25) is 0 Å². The fourth-order valence-corrected chi connectivity index (χ4v) is 5.10. The predicted molar refractivity (Wildman–Crippen MR) is 120 cm³/mol. The summed E-state index contributed by atoms with van der Waals surface area (Å²) in [7, 11) is 0. The van der Waals surface area contributed by atoms with E-state index in [0.29, 0.717) is 13.0 Å². The number of nitrogens with one attached hydrogen (secondary N) is 2. The normalized spacial score (nSPS) is 20.1. The molecule has 1 aromatic heterocycles. The van der Waals surface area contributed by atoms with Crippen molar-refractivity contribution in [3.05, 3.63) is 53.6 Å². The third kappa shape index (κ3) is 6.43. The van der Waals surface area contributed by atoms with Gasteiger partial charge in [-0.05, 0) is 61.6 Å². The largest absolute Gasteiger partial charge is 0.356 e. The molecule has 1 saturated carbocycles. The van der Waals surface area contributed by atoms with Crippen molar-refractivity contribution >= 4 is 5.91 Å². The molecule has 2 N–H and O–H groups in total. The van der Waals surface area contributed by atoms with Crippen LogP contribution in [-0.4, -0.2) is 47.0 Å². The highest BCUT2D eigenvalue weighted by Crippen LogP contribution is 2.28. The van der Waals surface area contributed by atoms with Crippen molar-refractivity contribution in [3.8, 4) is 0 Å². The third-order valence-electron chi connectivity index (χ3n) is 6.74. The van der Waals surface area contributed by atoms with E-state index in [4.69, 9.17) is 0 Å². The molecular weight excluding hydrogens is 372 g/mol. The van der Waals surface area contributed by atoms with Gasteiger partial charge in [0.1, 0.15) is 5.82 Å². The highest BCUT2D eigenvalue weighted by molar-refractivity contribution is 5.78. The number of carbonyl (C=O) groups is 1. The first-order chi connectivity index (χ1) is 14.7. The van der Waals surface area contributed by atoms with E-state index in [-0.39, 0.29) is 5.91 Å². The maximum Gasteiger partial charge on any atom is 0.224 e. The Kier molecular flexibility index (Phi) is 7.57. The topological polar surface area (TPSA) is 61.0 Å². The average Bonchev–Trinajstić information content (AvgIpc) is 3.51. The van der Waals surface area contributed by atoms with Crippen molar-refractivity contribution in [1.29, 1.82) is 0 Å². The molecule has 5 nitrogen and oxygen atoms in total. The molecule has 5 heteroatoms. The number of aryl methyl sites for hydroxylation is 1. The molecule has 1 aromatic carbocycles. The zero-order valence-electron chi connectivity index (χ0n) is 18.1. The molecule has 0 spiro atoms. The summed E-state index contributed by atoms with van der Waals surface area (Å²) < 4.78 is 0. The number of benzene rings is 1. The van der Waals surface area contributed by atoms with Gasteiger partial charge < -0.3 is 15.2 Å². The number of H-pyrrole nitrogens is 1. The lowest BCUT2D eigenvalue weighted by atomic mass is 9.97. The molecule has 0 radical (unpaired) electrons. The SMILES string of the molecule is O=C(Cc1ccc(CC2CCN(CC3CCCC3)C2)cc1)NCCCc1ncc[nH]1. The van der Waals surface area contributed by atoms with Gasteiger partial charge in [-0.25, -0.2) is 4.98 Å². The number of hydrogen-bond donors (Lipinski definition) is 2. The van der Waals surface area contributed by atoms with Gasteiger partial charge in [-0.2, -0.15) is 0 Å². The molecule has 2 heterocycles. The smallest absolute Gasteiger partial charge is 0.224 e. The summed E-state index contributed by atoms with van der Waals surface area (Å²) in [6.07, 6.45) is 14.1. The molecule has 0 bridgehead atoms. The Morgan fingerprint density at radius 1 is 1.10 bits per heavy atom. The fourth-order valence-electron chi connectivity index (χ4n) is 5.10. The number of hydrogen-bond acceptors (Lipinski definition) is 3. The van der Waals surface area contributed by atoms with Gasteiger partial charge in [0.25, 0.3) is 0 Å². The minimum atomic E-state index is 0.0977. The minimum Gasteiger partial charge on any atom is -0.356 e. The number of rotatable bonds is 10. The molecule has 2 aromatic rings. The van der Waals surface area contributed by atoms with E-state index in [9.17, 15) is 4.79 Å². The van der Waals surface area contributed by atoms with Crippen LogP contribution < -0.4 is 5.32 Å². The van der Waals surface area contributed by atoms with E-state index in [2.05, 4.69) is 44.5 Å². The highest BCUT2D eigenvalue weighted by atomic mass is 16.1. The lowest BCUT2D eigenvalue weighted by Gasteiger charge is -2.20. The van der Waals surface area contributed by atoms with Crippen molar-refractivity contribution in [3.63, 3.8) is 0 Å². The number of likely N-dealkylation sites (tertiary alicyclic amines) is 1. The van der Waals surface area contributed by atoms with Gasteiger partial charge in [0.2, 0.25) is 5.91 Å². The highest BCUT2D eigenvalue weighted by Gasteiger charge is 2.26. The molecule has 1 atom stereocenters. The lowest BCUT2D eigenvalue weighted by molar-refractivity contribution is -0.120. The van der Waals surface area contributed by atoms with Crippen LogP contribution in [0.4, 0.5) is 0 Å². The second-order valence-corrected chi connectivity index (χ2v) is 9.25. The van der Waals surface area contributed by atoms with Crippen LogP contribution in [0.5, 0.6) is 0 Å². The first-order valence-corrected chi connectivity index (χ1v) is 11.8. The van der Waals surface area contributed by atoms with E-state index in [1.54, 1.807) is 6.20 Å². The van der Waals surface area contributed by atoms with E-state index in [1.165, 1.54) is 63.7 Å². The number of aromatic amines is 1. The summed E-state index contributed by atoms with van der Waals surface area (Å²) >= 11 is 0. The summed E-state index contributed by atoms with van der Waals surface area (Å²) in [5, 5.41) is 3.02. The average molecular weight is 409 g/mol. The second kappa shape index (κ2) is 10.8. The Morgan fingerprint density at radius 3 is 2.67 bits per heavy atom. The number of carbonyl (C=O) groups excluding carboxylic acids is 1. The Balaban J connectivity index is 1.13. The molecule has 1 aliphatic carbocycles. The van der Waals surface area contributed by atoms with Crippen molar-refractivity contribution in [2.24, 2.45) is 11.8 Å². The number of imidazole rings is 1. The molecule has 1 unspecified atom stereocenters. The molecule has 162 valence electrons. The first kappa shape index (κ1) is 21.1. The monoisotopic (exact) mass is 408 g/mol. The first-order valence-electron chi connectivity index (χ1n) is 11.8. The van der Waals surface area contributed by atoms with E-state index in [1.807, 2.05) is 6.20 Å². The standard InChI is InChI=1S/C25H36N4O/c30-25(28-12-3-6-24-26-13-14-27-24)17-21-9-7-20(8-10-21)16-23-11-15-29(19-23)18-22-4-1-2-5-22/h7-10,13-14,22-23H,1-6,11-12,15-19H2,(H,26,27)(H,28,30). The van der Waals surface area contributed by atoms with Crippen LogP contribution in [0.3, 0.4) is 0 Å². The summed E-state index contributed by atoms with van der Waals surface area (Å²) in [5.41, 5.74) is 2.50. The molecule has 2 fully saturated rings. The molecule has 1 amide bonds. The quantitative estimate of drug-likeness (QED) is 0.589. The molecule has 1 aliphatic heterocycles. The van der Waals surface area contributed by atoms with E-state index in [0.717, 1.165) is 36.1 Å². The van der Waals surface area contributed by atoms with E-state index < -0.39 is 0 Å². The maximum atomic E-state index is 12.2. The third-order valence-corrected chi connectivity index (χ3v) is 6.74. The lowest BCUT2D eigenvalue weighted by Crippen LogP contribution is -2.26. The molecule has 2 aliphatic rings. The molecular formula is C25H36N4O. The van der Waals surface area contributed by atoms with Crippen LogP contribution in [0, 0.1) is 11.8 Å². The van der Waals surface area contributed by atoms with E-state index >= 15 is 0 Å². The zero-order chi connectivity index (χ0) is 20.6. The van der Waals surface area contributed by atoms with Crippen LogP contribution in [-0.2, 0) is 24.1 Å². The van der Waals surface area contributed by atoms with Gasteiger partial charge in [0, 0.05) is 38.4 Å². The second-order valence-electron chi connectivity index (χ2n) is 9.25. The van der Waals surface area contributed by atoms with Crippen LogP contribution in [0.15, 0.2) is 36.7 Å². The van der Waals surface area contributed by atoms with Gasteiger partial charge >= 0.3 is 0 Å². The van der Waals surface area contributed by atoms with Crippen LogP contribution in [0.1, 0.15) is 55.5 Å². The Labute approximate surface area is 180 Å². The predicted octanol–water partition coefficient (Wildman–Crippen LogP) is 3.76. The van der Waals surface area contributed by atoms with Crippen LogP contribution in [0.25, 0.3) is 0 Å². The molecule has 30 heavy (non-hydrogen) atoms. The van der Waals surface area contributed by atoms with Crippen molar-refractivity contribution in [2.75, 3.05) is 26.2 Å². The molecule has 1 saturated heterocycles. The van der Waals surface area contributed by atoms with Crippen molar-refractivity contribution < 1.29 is 4.79 Å². The Morgan fingerprint density at radius 2 is 1.90 bits per heavy atom. The number of amides is 1. The van der Waals surface area contributed by atoms with Gasteiger partial charge in [0.15, 0.2) is 0 Å². The van der Waals surface area contributed by atoms with Crippen molar-refractivity contribution in [1.82, 2.24) is 20.2 Å². The molecule has 4 rings (SSSR count). The Bertz CT molecular complexity index is 765. The summed E-state index contributed by atoms with van der Waals surface area (Å²) in [6, 6.07) is 8.70.